The van der Waals surface area contributed by atoms with E-state index in [1.807, 2.05) is 49.5 Å². The summed E-state index contributed by atoms with van der Waals surface area (Å²) < 4.78 is 8.47. The van der Waals surface area contributed by atoms with E-state index >= 15 is 0 Å². The number of methoxy groups -OCH3 is 1. The normalized spacial score (nSPS) is 16.1. The Kier molecular flexibility index (Phi) is 10.2. The summed E-state index contributed by atoms with van der Waals surface area (Å²) in [5.74, 6) is 0.287. The van der Waals surface area contributed by atoms with Gasteiger partial charge < -0.3 is 30.5 Å². The van der Waals surface area contributed by atoms with Crippen molar-refractivity contribution in [3.05, 3.63) is 94.7 Å². The molecule has 7 rings (SSSR count). The fourth-order valence-electron chi connectivity index (χ4n) is 7.22. The number of para-hydroxylation sites is 2. The van der Waals surface area contributed by atoms with Crippen LogP contribution in [-0.4, -0.2) is 88.0 Å². The first-order valence-corrected chi connectivity index (χ1v) is 18.0. The number of carbonyl (C=O) groups excluding carboxylic acids is 4. The first-order chi connectivity index (χ1) is 26.6. The van der Waals surface area contributed by atoms with Crippen LogP contribution in [0.15, 0.2) is 77.9 Å². The molecule has 16 heteroatoms. The third-order valence-corrected chi connectivity index (χ3v) is 10.3. The van der Waals surface area contributed by atoms with E-state index in [2.05, 4.69) is 36.1 Å². The van der Waals surface area contributed by atoms with Crippen LogP contribution in [-0.2, 0) is 16.6 Å². The average Bonchev–Trinajstić information content (AvgIpc) is 3.45. The van der Waals surface area contributed by atoms with Gasteiger partial charge in [-0.3, -0.25) is 33.6 Å². The zero-order valence-electron chi connectivity index (χ0n) is 31.0. The Morgan fingerprint density at radius 2 is 1.65 bits per heavy atom. The average molecular weight is 747 g/mol. The van der Waals surface area contributed by atoms with Crippen LogP contribution in [0.5, 0.6) is 5.75 Å². The molecule has 0 saturated carbocycles. The van der Waals surface area contributed by atoms with Crippen LogP contribution in [0.3, 0.4) is 0 Å². The molecule has 0 bridgehead atoms. The second-order valence-corrected chi connectivity index (χ2v) is 13.6. The number of aryl methyl sites for hydroxylation is 1. The molecule has 284 valence electrons. The first-order valence-electron chi connectivity index (χ1n) is 18.0. The Morgan fingerprint density at radius 3 is 2.36 bits per heavy atom. The maximum atomic E-state index is 13.6. The second-order valence-electron chi connectivity index (χ2n) is 13.6. The number of amides is 4. The number of piperidine rings is 2. The third kappa shape index (κ3) is 7.30. The Balaban J connectivity index is 0.987. The molecule has 55 heavy (non-hydrogen) atoms. The van der Waals surface area contributed by atoms with Crippen LogP contribution in [0, 0.1) is 0 Å². The highest BCUT2D eigenvalue weighted by Gasteiger charge is 2.32. The van der Waals surface area contributed by atoms with Crippen molar-refractivity contribution in [3.8, 4) is 5.75 Å². The molecule has 1 unspecified atom stereocenters. The molecule has 2 aliphatic heterocycles. The molecule has 16 nitrogen and oxygen atoms in total. The van der Waals surface area contributed by atoms with Crippen LogP contribution < -0.4 is 36.6 Å². The van der Waals surface area contributed by atoms with Crippen molar-refractivity contribution >= 4 is 63.4 Å². The van der Waals surface area contributed by atoms with E-state index in [-0.39, 0.29) is 42.3 Å². The smallest absolute Gasteiger partial charge is 0.329 e. The molecule has 0 aliphatic carbocycles. The molecule has 3 aromatic heterocycles. The van der Waals surface area contributed by atoms with Crippen LogP contribution in [0.4, 0.5) is 28.7 Å². The van der Waals surface area contributed by atoms with Crippen LogP contribution >= 0.6 is 0 Å². The number of imide groups is 1. The SMILES string of the molecule is CNC(=O)c1cnc(Nc2ccc(C(=O)N(C)C3CCN(c4ccc5c(c4)n(C)c(=O)n5C4CCC(=O)NC4=O)CC3)cn2)cc1Nc1ccccc1OC. The summed E-state index contributed by atoms with van der Waals surface area (Å²) in [5.41, 5.74) is 3.96. The van der Waals surface area contributed by atoms with Crippen LogP contribution in [0.2, 0.25) is 0 Å². The van der Waals surface area contributed by atoms with E-state index in [0.717, 1.165) is 18.5 Å². The number of pyridine rings is 2. The van der Waals surface area contributed by atoms with Gasteiger partial charge in [0.2, 0.25) is 11.8 Å². The maximum Gasteiger partial charge on any atom is 0.329 e. The van der Waals surface area contributed by atoms with Crippen molar-refractivity contribution in [2.45, 2.75) is 37.8 Å². The molecule has 5 aromatic rings. The highest BCUT2D eigenvalue weighted by molar-refractivity contribution is 6.01. The van der Waals surface area contributed by atoms with Crippen LogP contribution in [0.25, 0.3) is 11.0 Å². The first kappa shape index (κ1) is 36.6. The number of carbonyl (C=O) groups is 4. The summed E-state index contributed by atoms with van der Waals surface area (Å²) in [5, 5.41) is 11.4. The Morgan fingerprint density at radius 1 is 0.891 bits per heavy atom. The minimum absolute atomic E-state index is 0.0143. The molecular formula is C39H42N10O6. The van der Waals surface area contributed by atoms with E-state index in [1.54, 1.807) is 44.3 Å². The predicted molar refractivity (Wildman–Crippen MR) is 207 cm³/mol. The number of nitrogens with zero attached hydrogens (tertiary/aromatic N) is 6. The fourth-order valence-corrected chi connectivity index (χ4v) is 7.22. The van der Waals surface area contributed by atoms with Crippen molar-refractivity contribution in [2.75, 3.05) is 49.8 Å². The molecule has 0 radical (unpaired) electrons. The molecule has 4 N–H and O–H groups in total. The number of benzene rings is 2. The quantitative estimate of drug-likeness (QED) is 0.153. The largest absolute Gasteiger partial charge is 0.495 e. The van der Waals surface area contributed by atoms with Gasteiger partial charge in [-0.25, -0.2) is 14.8 Å². The number of aromatic nitrogens is 4. The van der Waals surface area contributed by atoms with Crippen molar-refractivity contribution < 1.29 is 23.9 Å². The van der Waals surface area contributed by atoms with Crippen LogP contribution in [0.1, 0.15) is 52.4 Å². The number of rotatable bonds is 10. The van der Waals surface area contributed by atoms with Gasteiger partial charge in [-0.2, -0.15) is 0 Å². The van der Waals surface area contributed by atoms with Gasteiger partial charge in [0.05, 0.1) is 40.6 Å². The lowest BCUT2D eigenvalue weighted by Crippen LogP contribution is -2.45. The molecule has 2 saturated heterocycles. The van der Waals surface area contributed by atoms with E-state index < -0.39 is 11.9 Å². The molecule has 5 heterocycles. The molecule has 2 aromatic carbocycles. The fraction of sp³-hybridized carbons (Fsp3) is 0.308. The van der Waals surface area contributed by atoms with Crippen molar-refractivity contribution in [2.24, 2.45) is 7.05 Å². The molecular weight excluding hydrogens is 704 g/mol. The van der Waals surface area contributed by atoms with Crippen molar-refractivity contribution in [3.63, 3.8) is 0 Å². The lowest BCUT2D eigenvalue weighted by molar-refractivity contribution is -0.135. The number of ether oxygens (including phenoxy) is 1. The number of fused-ring (bicyclic) bond motifs is 1. The predicted octanol–water partition coefficient (Wildman–Crippen LogP) is 3.70. The molecule has 4 amide bonds. The minimum atomic E-state index is -0.738. The highest BCUT2D eigenvalue weighted by atomic mass is 16.5. The Bertz CT molecular complexity index is 2350. The van der Waals surface area contributed by atoms with Gasteiger partial charge in [0.1, 0.15) is 23.4 Å². The monoisotopic (exact) mass is 746 g/mol. The Labute approximate surface area is 316 Å². The second kappa shape index (κ2) is 15.3. The number of anilines is 5. The molecule has 0 spiro atoms. The standard InChI is InChI=1S/C39H42N10O6/c1-40-36(51)26-22-42-34(20-28(26)43-27-7-5-6-8-32(27)55-4)44-33-13-9-23(21-41-33)38(53)46(2)24-15-17-48(18-16-24)25-10-11-29-31(19-25)47(3)39(54)49(29)30-12-14-35(50)45-37(30)52/h5-11,13,19-22,24,30H,12,14-18H2,1-4H3,(H,40,51)(H,45,50,52)(H2,41,42,43,44). The summed E-state index contributed by atoms with van der Waals surface area (Å²) >= 11 is 0. The Hall–Kier alpha value is -6.71. The lowest BCUT2D eigenvalue weighted by Gasteiger charge is -2.38. The maximum absolute atomic E-state index is 13.6. The summed E-state index contributed by atoms with van der Waals surface area (Å²) in [6.07, 6.45) is 4.95. The number of hydrogen-bond acceptors (Lipinski definition) is 11. The number of hydrogen-bond donors (Lipinski definition) is 4. The minimum Gasteiger partial charge on any atom is -0.495 e. The van der Waals surface area contributed by atoms with Gasteiger partial charge in [0.15, 0.2) is 0 Å². The molecule has 2 aliphatic rings. The zero-order valence-corrected chi connectivity index (χ0v) is 31.0. The van der Waals surface area contributed by atoms with E-state index in [9.17, 15) is 24.0 Å². The molecule has 2 fully saturated rings. The van der Waals surface area contributed by atoms with Gasteiger partial charge in [0, 0.05) is 70.8 Å². The number of imidazole rings is 1. The lowest BCUT2D eigenvalue weighted by atomic mass is 10.0. The van der Waals surface area contributed by atoms with Gasteiger partial charge in [-0.15, -0.1) is 0 Å². The summed E-state index contributed by atoms with van der Waals surface area (Å²) in [6.45, 7) is 1.41. The van der Waals surface area contributed by atoms with Gasteiger partial charge >= 0.3 is 5.69 Å². The third-order valence-electron chi connectivity index (χ3n) is 10.3. The van der Waals surface area contributed by atoms with Gasteiger partial charge in [0.25, 0.3) is 11.8 Å². The van der Waals surface area contributed by atoms with Gasteiger partial charge in [-0.05, 0) is 61.7 Å². The van der Waals surface area contributed by atoms with Crippen molar-refractivity contribution in [1.82, 2.24) is 34.6 Å². The van der Waals surface area contributed by atoms with Gasteiger partial charge in [-0.1, -0.05) is 12.1 Å². The molecule has 1 atom stereocenters. The summed E-state index contributed by atoms with van der Waals surface area (Å²) in [7, 11) is 6.62. The van der Waals surface area contributed by atoms with E-state index in [0.29, 0.717) is 64.0 Å². The van der Waals surface area contributed by atoms with Crippen molar-refractivity contribution in [1.29, 1.82) is 0 Å². The summed E-state index contributed by atoms with van der Waals surface area (Å²) in [4.78, 5) is 76.5. The topological polar surface area (TPSA) is 185 Å². The van der Waals surface area contributed by atoms with E-state index in [1.165, 1.54) is 21.5 Å². The van der Waals surface area contributed by atoms with E-state index in [4.69, 9.17) is 4.74 Å². The number of nitrogens with one attached hydrogen (secondary N) is 4. The highest BCUT2D eigenvalue weighted by Crippen LogP contribution is 2.31. The summed E-state index contributed by atoms with van der Waals surface area (Å²) in [6, 6.07) is 17.5. The zero-order chi connectivity index (χ0) is 38.8.